The zero-order valence-corrected chi connectivity index (χ0v) is 12.1. The molecule has 1 fully saturated rings. The lowest BCUT2D eigenvalue weighted by Crippen LogP contribution is -2.41. The van der Waals surface area contributed by atoms with Gasteiger partial charge in [0.15, 0.2) is 0 Å². The van der Waals surface area contributed by atoms with Crippen molar-refractivity contribution in [1.82, 2.24) is 4.72 Å². The number of halogens is 1. The standard InChI is InChI=1S/C13H19FN2O3S/c1-9-6-12(4-5-19-9)16-20(17,18)13-7-11(14)3-2-10(13)8-15/h2-3,7,9,12,16H,4-6,8,15H2,1H3. The minimum Gasteiger partial charge on any atom is -0.378 e. The molecule has 0 aliphatic carbocycles. The molecule has 1 aliphatic rings. The van der Waals surface area contributed by atoms with E-state index in [0.29, 0.717) is 25.0 Å². The van der Waals surface area contributed by atoms with Gasteiger partial charge in [-0.2, -0.15) is 0 Å². The lowest BCUT2D eigenvalue weighted by atomic mass is 10.1. The first-order chi connectivity index (χ1) is 9.42. The number of nitrogens with one attached hydrogen (secondary N) is 1. The second kappa shape index (κ2) is 6.17. The van der Waals surface area contributed by atoms with Gasteiger partial charge in [-0.15, -0.1) is 0 Å². The summed E-state index contributed by atoms with van der Waals surface area (Å²) in [6.45, 7) is 2.45. The van der Waals surface area contributed by atoms with Crippen LogP contribution >= 0.6 is 0 Å². The molecular weight excluding hydrogens is 283 g/mol. The van der Waals surface area contributed by atoms with Crippen LogP contribution in [0.2, 0.25) is 0 Å². The molecule has 112 valence electrons. The molecule has 0 bridgehead atoms. The Morgan fingerprint density at radius 2 is 2.25 bits per heavy atom. The van der Waals surface area contributed by atoms with Crippen molar-refractivity contribution in [2.24, 2.45) is 5.73 Å². The smallest absolute Gasteiger partial charge is 0.241 e. The van der Waals surface area contributed by atoms with Crippen LogP contribution in [0.3, 0.4) is 0 Å². The van der Waals surface area contributed by atoms with E-state index in [1.54, 1.807) is 0 Å². The average molecular weight is 302 g/mol. The molecule has 1 aromatic carbocycles. The molecule has 3 N–H and O–H groups in total. The van der Waals surface area contributed by atoms with Gasteiger partial charge in [0.1, 0.15) is 5.82 Å². The molecule has 7 heteroatoms. The van der Waals surface area contributed by atoms with Crippen molar-refractivity contribution in [2.45, 2.75) is 43.4 Å². The molecule has 1 aliphatic heterocycles. The van der Waals surface area contributed by atoms with E-state index < -0.39 is 15.8 Å². The van der Waals surface area contributed by atoms with Gasteiger partial charge in [0.25, 0.3) is 0 Å². The van der Waals surface area contributed by atoms with Crippen molar-refractivity contribution in [3.05, 3.63) is 29.6 Å². The Bertz CT molecular complexity index is 577. The quantitative estimate of drug-likeness (QED) is 0.873. The fourth-order valence-corrected chi connectivity index (χ4v) is 3.88. The maximum atomic E-state index is 13.3. The lowest BCUT2D eigenvalue weighted by molar-refractivity contribution is 0.0173. The molecule has 2 rings (SSSR count). The van der Waals surface area contributed by atoms with Crippen molar-refractivity contribution < 1.29 is 17.5 Å². The predicted molar refractivity (Wildman–Crippen MR) is 73.0 cm³/mol. The van der Waals surface area contributed by atoms with Crippen molar-refractivity contribution in [3.63, 3.8) is 0 Å². The lowest BCUT2D eigenvalue weighted by Gasteiger charge is -2.28. The highest BCUT2D eigenvalue weighted by Crippen LogP contribution is 2.20. The third-order valence-electron chi connectivity index (χ3n) is 3.35. The molecule has 2 atom stereocenters. The van der Waals surface area contributed by atoms with Crippen LogP contribution in [0.4, 0.5) is 4.39 Å². The fourth-order valence-electron chi connectivity index (χ4n) is 2.34. The molecule has 20 heavy (non-hydrogen) atoms. The van der Waals surface area contributed by atoms with Crippen LogP contribution in [-0.4, -0.2) is 27.2 Å². The van der Waals surface area contributed by atoms with Crippen molar-refractivity contribution in [2.75, 3.05) is 6.61 Å². The third kappa shape index (κ3) is 3.54. The minimum absolute atomic E-state index is 0.0120. The maximum Gasteiger partial charge on any atom is 0.241 e. The van der Waals surface area contributed by atoms with Gasteiger partial charge >= 0.3 is 0 Å². The van der Waals surface area contributed by atoms with Gasteiger partial charge in [0.05, 0.1) is 11.0 Å². The van der Waals surface area contributed by atoms with Crippen LogP contribution in [0.1, 0.15) is 25.3 Å². The van der Waals surface area contributed by atoms with E-state index in [1.165, 1.54) is 12.1 Å². The predicted octanol–water partition coefficient (Wildman–Crippen LogP) is 1.13. The number of hydrogen-bond acceptors (Lipinski definition) is 4. The summed E-state index contributed by atoms with van der Waals surface area (Å²) in [7, 11) is -3.77. The van der Waals surface area contributed by atoms with E-state index in [1.807, 2.05) is 6.92 Å². The van der Waals surface area contributed by atoms with E-state index >= 15 is 0 Å². The number of ether oxygens (including phenoxy) is 1. The van der Waals surface area contributed by atoms with Crippen LogP contribution in [0, 0.1) is 5.82 Å². The van der Waals surface area contributed by atoms with Gasteiger partial charge in [-0.05, 0) is 37.5 Å². The first-order valence-corrected chi connectivity index (χ1v) is 8.03. The highest BCUT2D eigenvalue weighted by molar-refractivity contribution is 7.89. The van der Waals surface area contributed by atoms with Gasteiger partial charge in [-0.3, -0.25) is 0 Å². The van der Waals surface area contributed by atoms with Crippen LogP contribution in [0.5, 0.6) is 0 Å². The highest BCUT2D eigenvalue weighted by Gasteiger charge is 2.26. The summed E-state index contributed by atoms with van der Waals surface area (Å²) in [5.41, 5.74) is 5.92. The van der Waals surface area contributed by atoms with Gasteiger partial charge in [-0.25, -0.2) is 17.5 Å². The summed E-state index contributed by atoms with van der Waals surface area (Å²) in [4.78, 5) is -0.0841. The Hall–Kier alpha value is -1.02. The Balaban J connectivity index is 2.24. The molecule has 1 heterocycles. The Morgan fingerprint density at radius 1 is 1.50 bits per heavy atom. The molecule has 1 saturated heterocycles. The highest BCUT2D eigenvalue weighted by atomic mass is 32.2. The maximum absolute atomic E-state index is 13.3. The van der Waals surface area contributed by atoms with E-state index in [-0.39, 0.29) is 23.6 Å². The number of hydrogen-bond donors (Lipinski definition) is 2. The van der Waals surface area contributed by atoms with Gasteiger partial charge in [0.2, 0.25) is 10.0 Å². The van der Waals surface area contributed by atoms with Crippen molar-refractivity contribution in [3.8, 4) is 0 Å². The van der Waals surface area contributed by atoms with Gasteiger partial charge in [-0.1, -0.05) is 6.07 Å². The van der Waals surface area contributed by atoms with Crippen molar-refractivity contribution in [1.29, 1.82) is 0 Å². The van der Waals surface area contributed by atoms with Crippen molar-refractivity contribution >= 4 is 10.0 Å². The molecule has 0 amide bonds. The van der Waals surface area contributed by atoms with Gasteiger partial charge < -0.3 is 10.5 Å². The Morgan fingerprint density at radius 3 is 2.90 bits per heavy atom. The Kier molecular flexibility index (Phi) is 4.74. The van der Waals surface area contributed by atoms with Crippen LogP contribution in [-0.2, 0) is 21.3 Å². The number of benzene rings is 1. The zero-order valence-electron chi connectivity index (χ0n) is 11.3. The third-order valence-corrected chi connectivity index (χ3v) is 4.95. The minimum atomic E-state index is -3.77. The molecule has 0 spiro atoms. The number of nitrogens with two attached hydrogens (primary N) is 1. The fraction of sp³-hybridized carbons (Fsp3) is 0.538. The summed E-state index contributed by atoms with van der Waals surface area (Å²) in [5.74, 6) is -0.595. The normalized spacial score (nSPS) is 23.8. The van der Waals surface area contributed by atoms with Crippen LogP contribution < -0.4 is 10.5 Å². The SMILES string of the molecule is CC1CC(NS(=O)(=O)c2cc(F)ccc2CN)CCO1. The number of sulfonamides is 1. The molecule has 0 aromatic heterocycles. The van der Waals surface area contributed by atoms with E-state index in [4.69, 9.17) is 10.5 Å². The second-order valence-electron chi connectivity index (χ2n) is 4.98. The molecule has 5 nitrogen and oxygen atoms in total. The molecule has 0 saturated carbocycles. The first kappa shape index (κ1) is 15.4. The Labute approximate surface area is 118 Å². The molecular formula is C13H19FN2O3S. The summed E-state index contributed by atoms with van der Waals surface area (Å²) in [6.07, 6.45) is 1.22. The molecule has 0 radical (unpaired) electrons. The summed E-state index contributed by atoms with van der Waals surface area (Å²) < 4.78 is 46.0. The van der Waals surface area contributed by atoms with E-state index in [9.17, 15) is 12.8 Å². The summed E-state index contributed by atoms with van der Waals surface area (Å²) in [6, 6.07) is 3.42. The first-order valence-electron chi connectivity index (χ1n) is 6.55. The largest absolute Gasteiger partial charge is 0.378 e. The van der Waals surface area contributed by atoms with E-state index in [0.717, 1.165) is 6.07 Å². The zero-order chi connectivity index (χ0) is 14.8. The summed E-state index contributed by atoms with van der Waals surface area (Å²) in [5, 5.41) is 0. The van der Waals surface area contributed by atoms with E-state index in [2.05, 4.69) is 4.72 Å². The molecule has 2 unspecified atom stereocenters. The summed E-state index contributed by atoms with van der Waals surface area (Å²) >= 11 is 0. The molecule has 1 aromatic rings. The van der Waals surface area contributed by atoms with Crippen LogP contribution in [0.15, 0.2) is 23.1 Å². The topological polar surface area (TPSA) is 81.4 Å². The average Bonchev–Trinajstić information content (AvgIpc) is 2.38. The number of rotatable bonds is 4. The van der Waals surface area contributed by atoms with Crippen LogP contribution in [0.25, 0.3) is 0 Å². The monoisotopic (exact) mass is 302 g/mol. The second-order valence-corrected chi connectivity index (χ2v) is 6.66. The van der Waals surface area contributed by atoms with Gasteiger partial charge in [0, 0.05) is 19.2 Å².